The monoisotopic (exact) mass is 493 g/mol. The summed E-state index contributed by atoms with van der Waals surface area (Å²) in [4.78, 5) is 35.2. The number of benzene rings is 2. The minimum absolute atomic E-state index is 0.176. The van der Waals surface area contributed by atoms with Gasteiger partial charge in [-0.1, -0.05) is 42.5 Å². The zero-order valence-corrected chi connectivity index (χ0v) is 20.0. The summed E-state index contributed by atoms with van der Waals surface area (Å²) in [7, 11) is -2.33. The number of sulfonamides is 1. The lowest BCUT2D eigenvalue weighted by molar-refractivity contribution is -0.387. The second-order valence-electron chi connectivity index (χ2n) is 8.04. The number of nitrogens with one attached hydrogen (secondary N) is 2. The van der Waals surface area contributed by atoms with E-state index in [9.17, 15) is 28.1 Å². The lowest BCUT2D eigenvalue weighted by Gasteiger charge is -2.35. The molecule has 2 N–H and O–H groups in total. The van der Waals surface area contributed by atoms with E-state index in [1.165, 1.54) is 33.1 Å². The highest BCUT2D eigenvalue weighted by molar-refractivity contribution is 7.89. The van der Waals surface area contributed by atoms with Crippen molar-refractivity contribution in [2.24, 2.45) is 0 Å². The number of methoxy groups -OCH3 is 2. The maximum Gasteiger partial charge on any atom is 0.328 e. The van der Waals surface area contributed by atoms with Crippen LogP contribution in [0.5, 0.6) is 0 Å². The molecule has 0 aliphatic carbocycles. The number of nitro benzene ring substituents is 1. The van der Waals surface area contributed by atoms with Gasteiger partial charge in [0.1, 0.15) is 11.1 Å². The summed E-state index contributed by atoms with van der Waals surface area (Å²) in [6, 6.07) is 13.3. The first kappa shape index (κ1) is 26.9. The van der Waals surface area contributed by atoms with Crippen molar-refractivity contribution < 1.29 is 32.4 Å². The van der Waals surface area contributed by atoms with Gasteiger partial charge in [-0.25, -0.2) is 13.2 Å². The van der Waals surface area contributed by atoms with Gasteiger partial charge in [0.25, 0.3) is 5.69 Å². The minimum atomic E-state index is -4.61. The van der Waals surface area contributed by atoms with Crippen LogP contribution in [0.15, 0.2) is 59.5 Å². The lowest BCUT2D eigenvalue weighted by Crippen LogP contribution is -2.65. The first-order valence-electron chi connectivity index (χ1n) is 10.1. The molecule has 0 aromatic heterocycles. The molecule has 0 amide bonds. The maximum atomic E-state index is 13.4. The summed E-state index contributed by atoms with van der Waals surface area (Å²) in [5, 5.41) is 14.3. The molecule has 0 aliphatic heterocycles. The summed E-state index contributed by atoms with van der Waals surface area (Å²) in [6.45, 7) is 2.61. The Hall–Kier alpha value is -3.35. The molecule has 0 fully saturated rings. The fraction of sp³-hybridized carbons (Fsp3) is 0.364. The van der Waals surface area contributed by atoms with Crippen LogP contribution in [0.4, 0.5) is 5.69 Å². The number of nitrogens with zero attached hydrogens (tertiary/aromatic N) is 1. The van der Waals surface area contributed by atoms with Crippen LogP contribution in [-0.2, 0) is 35.5 Å². The molecule has 1 atom stereocenters. The van der Waals surface area contributed by atoms with E-state index in [2.05, 4.69) is 10.0 Å². The molecule has 0 heterocycles. The van der Waals surface area contributed by atoms with Gasteiger partial charge in [-0.3, -0.25) is 20.2 Å². The van der Waals surface area contributed by atoms with Crippen molar-refractivity contribution >= 4 is 27.6 Å². The van der Waals surface area contributed by atoms with Gasteiger partial charge in [-0.05, 0) is 25.5 Å². The SMILES string of the molecule is COC(=O)C(C)(C)NC[C@](Cc1ccccc1)(NS(=O)(=O)c1ccccc1[N+](=O)[O-])C(=O)OC. The second-order valence-corrected chi connectivity index (χ2v) is 9.69. The number of rotatable bonds is 11. The van der Waals surface area contributed by atoms with Crippen molar-refractivity contribution in [3.8, 4) is 0 Å². The summed E-state index contributed by atoms with van der Waals surface area (Å²) < 4.78 is 38.7. The third-order valence-corrected chi connectivity index (χ3v) is 6.72. The van der Waals surface area contributed by atoms with Crippen LogP contribution in [0.25, 0.3) is 0 Å². The van der Waals surface area contributed by atoms with Crippen molar-refractivity contribution in [1.29, 1.82) is 0 Å². The van der Waals surface area contributed by atoms with Crippen LogP contribution in [0, 0.1) is 10.1 Å². The van der Waals surface area contributed by atoms with Crippen molar-refractivity contribution in [2.75, 3.05) is 20.8 Å². The van der Waals surface area contributed by atoms with Crippen molar-refractivity contribution in [1.82, 2.24) is 10.0 Å². The Morgan fingerprint density at radius 3 is 2.09 bits per heavy atom. The van der Waals surface area contributed by atoms with E-state index in [0.717, 1.165) is 19.2 Å². The Bertz CT molecular complexity index is 1150. The molecular weight excluding hydrogens is 466 g/mol. The van der Waals surface area contributed by atoms with Gasteiger partial charge in [0.15, 0.2) is 4.90 Å². The third kappa shape index (κ3) is 6.16. The van der Waals surface area contributed by atoms with Crippen molar-refractivity contribution in [3.63, 3.8) is 0 Å². The van der Waals surface area contributed by atoms with Crippen LogP contribution in [0.3, 0.4) is 0 Å². The van der Waals surface area contributed by atoms with E-state index < -0.39 is 55.1 Å². The Kier molecular flexibility index (Phi) is 8.48. The van der Waals surface area contributed by atoms with Crippen LogP contribution in [0.1, 0.15) is 19.4 Å². The summed E-state index contributed by atoms with van der Waals surface area (Å²) in [5.41, 5.74) is -3.34. The number of para-hydroxylation sites is 1. The molecule has 2 rings (SSSR count). The topological polar surface area (TPSA) is 154 Å². The zero-order chi connectivity index (χ0) is 25.6. The van der Waals surface area contributed by atoms with Gasteiger partial charge < -0.3 is 9.47 Å². The highest BCUT2D eigenvalue weighted by Gasteiger charge is 2.46. The van der Waals surface area contributed by atoms with Gasteiger partial charge in [-0.2, -0.15) is 4.72 Å². The van der Waals surface area contributed by atoms with E-state index >= 15 is 0 Å². The molecule has 0 radical (unpaired) electrons. The molecule has 0 saturated carbocycles. The number of carbonyl (C=O) groups is 2. The first-order chi connectivity index (χ1) is 15.9. The number of nitro groups is 1. The Labute approximate surface area is 197 Å². The Balaban J connectivity index is 2.61. The molecule has 184 valence electrons. The highest BCUT2D eigenvalue weighted by Crippen LogP contribution is 2.26. The number of carbonyl (C=O) groups excluding carboxylic acids is 2. The summed E-state index contributed by atoms with van der Waals surface area (Å²) in [6.07, 6.45) is -0.176. The number of esters is 2. The van der Waals surface area contributed by atoms with Crippen LogP contribution < -0.4 is 10.0 Å². The quantitative estimate of drug-likeness (QED) is 0.270. The summed E-state index contributed by atoms with van der Waals surface area (Å²) >= 11 is 0. The lowest BCUT2D eigenvalue weighted by atomic mass is 9.90. The van der Waals surface area contributed by atoms with Crippen molar-refractivity contribution in [3.05, 3.63) is 70.3 Å². The Morgan fingerprint density at radius 2 is 1.53 bits per heavy atom. The van der Waals surface area contributed by atoms with Crippen LogP contribution in [-0.4, -0.2) is 57.1 Å². The van der Waals surface area contributed by atoms with Gasteiger partial charge in [0, 0.05) is 19.0 Å². The molecule has 0 aliphatic rings. The summed E-state index contributed by atoms with van der Waals surface area (Å²) in [5.74, 6) is -1.60. The molecule has 11 nitrogen and oxygen atoms in total. The predicted molar refractivity (Wildman–Crippen MR) is 122 cm³/mol. The standard InChI is InChI=1S/C22H27N3O8S/c1-21(2,19(26)32-3)23-15-22(20(27)33-4,14-16-10-6-5-7-11-16)24-34(30,31)18-13-9-8-12-17(18)25(28)29/h5-13,23-24H,14-15H2,1-4H3/t22-/m0/s1. The highest BCUT2D eigenvalue weighted by atomic mass is 32.2. The molecule has 2 aromatic rings. The number of hydrogen-bond acceptors (Lipinski definition) is 9. The number of ether oxygens (including phenoxy) is 2. The minimum Gasteiger partial charge on any atom is -0.468 e. The molecule has 2 aromatic carbocycles. The molecular formula is C22H27N3O8S. The average Bonchev–Trinajstić information content (AvgIpc) is 2.81. The first-order valence-corrected chi connectivity index (χ1v) is 11.6. The molecule has 0 saturated heterocycles. The van der Waals surface area contributed by atoms with E-state index in [0.29, 0.717) is 5.56 Å². The van der Waals surface area contributed by atoms with Gasteiger partial charge in [-0.15, -0.1) is 0 Å². The zero-order valence-electron chi connectivity index (χ0n) is 19.2. The number of hydrogen-bond donors (Lipinski definition) is 2. The average molecular weight is 494 g/mol. The largest absolute Gasteiger partial charge is 0.468 e. The van der Waals surface area contributed by atoms with E-state index in [1.807, 2.05) is 0 Å². The Morgan fingerprint density at radius 1 is 0.971 bits per heavy atom. The molecule has 0 unspecified atom stereocenters. The van der Waals surface area contributed by atoms with Gasteiger partial charge >= 0.3 is 11.9 Å². The predicted octanol–water partition coefficient (Wildman–Crippen LogP) is 1.57. The van der Waals surface area contributed by atoms with E-state index in [-0.39, 0.29) is 6.42 Å². The third-order valence-electron chi connectivity index (χ3n) is 5.13. The van der Waals surface area contributed by atoms with E-state index in [1.54, 1.807) is 30.3 Å². The molecule has 0 spiro atoms. The molecule has 12 heteroatoms. The van der Waals surface area contributed by atoms with Crippen LogP contribution >= 0.6 is 0 Å². The van der Waals surface area contributed by atoms with Gasteiger partial charge in [0.2, 0.25) is 10.0 Å². The molecule has 0 bridgehead atoms. The molecule has 34 heavy (non-hydrogen) atoms. The maximum absolute atomic E-state index is 13.4. The van der Waals surface area contributed by atoms with E-state index in [4.69, 9.17) is 9.47 Å². The normalized spacial score (nSPS) is 13.5. The van der Waals surface area contributed by atoms with Gasteiger partial charge in [0.05, 0.1) is 19.1 Å². The smallest absolute Gasteiger partial charge is 0.328 e. The fourth-order valence-electron chi connectivity index (χ4n) is 3.31. The second kappa shape index (κ2) is 10.7. The van der Waals surface area contributed by atoms with Crippen molar-refractivity contribution in [2.45, 2.75) is 36.2 Å². The van der Waals surface area contributed by atoms with Crippen LogP contribution in [0.2, 0.25) is 0 Å². The fourth-order valence-corrected chi connectivity index (χ4v) is 4.83.